The van der Waals surface area contributed by atoms with Crippen molar-refractivity contribution in [2.75, 3.05) is 12.5 Å². The van der Waals surface area contributed by atoms with Crippen molar-refractivity contribution in [1.29, 1.82) is 0 Å². The van der Waals surface area contributed by atoms with Crippen LogP contribution < -0.4 is 0 Å². The van der Waals surface area contributed by atoms with E-state index >= 15 is 0 Å². The molecule has 0 radical (unpaired) electrons. The normalized spacial score (nSPS) is 14.3. The zero-order valence-electron chi connectivity index (χ0n) is 11.3. The van der Waals surface area contributed by atoms with Crippen molar-refractivity contribution in [3.05, 3.63) is 40.4 Å². The number of rotatable bonds is 5. The third-order valence-corrected chi connectivity index (χ3v) is 4.84. The van der Waals surface area contributed by atoms with Crippen LogP contribution in [0, 0.1) is 0 Å². The topological polar surface area (TPSA) is 48.9 Å². The van der Waals surface area contributed by atoms with Crippen molar-refractivity contribution in [2.45, 2.75) is 18.9 Å². The maximum Gasteiger partial charge on any atom is 0.110 e. The fourth-order valence-corrected chi connectivity index (χ4v) is 3.34. The number of fused-ring (bicyclic) bond motifs is 1. The minimum absolute atomic E-state index is 0.478. The number of imidazole rings is 1. The Morgan fingerprint density at radius 1 is 1.37 bits per heavy atom. The number of benzene rings is 1. The lowest BCUT2D eigenvalue weighted by Gasteiger charge is -2.18. The highest BCUT2D eigenvalue weighted by molar-refractivity contribution is 8.21. The molecular weight excluding hydrogens is 276 g/mol. The van der Waals surface area contributed by atoms with E-state index in [0.29, 0.717) is 6.42 Å². The van der Waals surface area contributed by atoms with Gasteiger partial charge in [0, 0.05) is 10.7 Å². The number of aromatic amines is 1. The summed E-state index contributed by atoms with van der Waals surface area (Å²) in [6.45, 7) is 1.81. The first-order valence-corrected chi connectivity index (χ1v) is 8.46. The van der Waals surface area contributed by atoms with Crippen LogP contribution in [0.25, 0.3) is 11.0 Å². The molecule has 0 saturated carbocycles. The summed E-state index contributed by atoms with van der Waals surface area (Å²) in [5.74, 6) is 0.809. The Kier molecular flexibility index (Phi) is 4.60. The van der Waals surface area contributed by atoms with E-state index in [0.717, 1.165) is 21.1 Å². The van der Waals surface area contributed by atoms with Crippen molar-refractivity contribution in [3.63, 3.8) is 0 Å². The lowest BCUT2D eigenvalue weighted by atomic mass is 10.0. The maximum absolute atomic E-state index is 10.5. The minimum Gasteiger partial charge on any atom is -0.386 e. The standard InChI is InChI=1S/C14H18N2OS2/c1-14(17,9-13(18-2)19-3)8-12-15-10-6-4-5-7-11(10)16-12/h4-7,9,17H,8H2,1-3H3,(H,15,16). The number of aromatic nitrogens is 2. The Morgan fingerprint density at radius 3 is 2.68 bits per heavy atom. The molecule has 0 spiro atoms. The molecule has 102 valence electrons. The van der Waals surface area contributed by atoms with E-state index < -0.39 is 5.60 Å². The molecule has 3 nitrogen and oxygen atoms in total. The van der Waals surface area contributed by atoms with Gasteiger partial charge in [-0.25, -0.2) is 4.98 Å². The molecule has 0 aliphatic rings. The average Bonchev–Trinajstić information content (AvgIpc) is 2.77. The van der Waals surface area contributed by atoms with Gasteiger partial charge >= 0.3 is 0 Å². The molecule has 2 aromatic rings. The maximum atomic E-state index is 10.5. The average molecular weight is 294 g/mol. The first-order valence-electron chi connectivity index (χ1n) is 6.01. The monoisotopic (exact) mass is 294 g/mol. The molecule has 19 heavy (non-hydrogen) atoms. The molecule has 0 bridgehead atoms. The Morgan fingerprint density at radius 2 is 2.05 bits per heavy atom. The van der Waals surface area contributed by atoms with Gasteiger partial charge in [-0.05, 0) is 37.6 Å². The zero-order valence-corrected chi connectivity index (χ0v) is 12.9. The third-order valence-electron chi connectivity index (χ3n) is 2.79. The summed E-state index contributed by atoms with van der Waals surface area (Å²) in [7, 11) is 0. The van der Waals surface area contributed by atoms with E-state index in [2.05, 4.69) is 9.97 Å². The molecule has 5 heteroatoms. The van der Waals surface area contributed by atoms with Gasteiger partial charge in [0.1, 0.15) is 5.82 Å². The molecule has 0 aliphatic heterocycles. The highest BCUT2D eigenvalue weighted by atomic mass is 32.2. The molecule has 2 rings (SSSR count). The van der Waals surface area contributed by atoms with Gasteiger partial charge in [-0.1, -0.05) is 12.1 Å². The van der Waals surface area contributed by atoms with Gasteiger partial charge in [-0.15, -0.1) is 23.5 Å². The molecule has 0 saturated heterocycles. The Bertz CT molecular complexity index is 551. The van der Waals surface area contributed by atoms with Gasteiger partial charge in [0.05, 0.1) is 16.6 Å². The van der Waals surface area contributed by atoms with Gasteiger partial charge in [0.2, 0.25) is 0 Å². The van der Waals surface area contributed by atoms with Crippen LogP contribution in [0.15, 0.2) is 34.6 Å². The van der Waals surface area contributed by atoms with Gasteiger partial charge in [-0.2, -0.15) is 0 Å². The molecule has 1 aromatic carbocycles. The smallest absolute Gasteiger partial charge is 0.110 e. The molecular formula is C14H18N2OS2. The van der Waals surface area contributed by atoms with E-state index in [1.165, 1.54) is 0 Å². The van der Waals surface area contributed by atoms with Gasteiger partial charge in [-0.3, -0.25) is 0 Å². The number of aliphatic hydroxyl groups is 1. The second-order valence-corrected chi connectivity index (χ2v) is 6.56. The van der Waals surface area contributed by atoms with Crippen molar-refractivity contribution < 1.29 is 5.11 Å². The van der Waals surface area contributed by atoms with Crippen LogP contribution in [0.2, 0.25) is 0 Å². The number of para-hydroxylation sites is 2. The van der Waals surface area contributed by atoms with Crippen molar-refractivity contribution in [1.82, 2.24) is 9.97 Å². The van der Waals surface area contributed by atoms with Crippen LogP contribution in [-0.2, 0) is 6.42 Å². The summed E-state index contributed by atoms with van der Waals surface area (Å²) in [4.78, 5) is 7.75. The second-order valence-electron chi connectivity index (χ2n) is 4.61. The molecule has 0 fully saturated rings. The van der Waals surface area contributed by atoms with Crippen LogP contribution in [0.5, 0.6) is 0 Å². The molecule has 0 aliphatic carbocycles. The first kappa shape index (κ1) is 14.5. The predicted molar refractivity (Wildman–Crippen MR) is 85.5 cm³/mol. The number of nitrogens with zero attached hydrogens (tertiary/aromatic N) is 1. The molecule has 2 N–H and O–H groups in total. The van der Waals surface area contributed by atoms with E-state index in [9.17, 15) is 5.11 Å². The van der Waals surface area contributed by atoms with Crippen LogP contribution in [0.1, 0.15) is 12.7 Å². The second kappa shape index (κ2) is 6.03. The van der Waals surface area contributed by atoms with E-state index in [1.807, 2.05) is 49.8 Å². The number of thioether (sulfide) groups is 2. The minimum atomic E-state index is -0.894. The molecule has 1 unspecified atom stereocenters. The number of hydrogen-bond donors (Lipinski definition) is 2. The Balaban J connectivity index is 2.21. The summed E-state index contributed by atoms with van der Waals surface area (Å²) in [5.41, 5.74) is 1.05. The van der Waals surface area contributed by atoms with Crippen molar-refractivity contribution >= 4 is 34.6 Å². The fraction of sp³-hybridized carbons (Fsp3) is 0.357. The lowest BCUT2D eigenvalue weighted by molar-refractivity contribution is 0.110. The first-order chi connectivity index (χ1) is 9.04. The number of nitrogens with one attached hydrogen (secondary N) is 1. The van der Waals surface area contributed by atoms with E-state index in [4.69, 9.17) is 0 Å². The van der Waals surface area contributed by atoms with Crippen LogP contribution in [0.3, 0.4) is 0 Å². The number of hydrogen-bond acceptors (Lipinski definition) is 4. The third kappa shape index (κ3) is 3.78. The van der Waals surface area contributed by atoms with Gasteiger partial charge in [0.15, 0.2) is 0 Å². The predicted octanol–water partition coefficient (Wildman–Crippen LogP) is 3.42. The Hall–Kier alpha value is -0.910. The molecule has 1 heterocycles. The summed E-state index contributed by atoms with van der Waals surface area (Å²) >= 11 is 3.29. The number of H-pyrrole nitrogens is 1. The zero-order chi connectivity index (χ0) is 13.9. The van der Waals surface area contributed by atoms with Gasteiger partial charge < -0.3 is 10.1 Å². The highest BCUT2D eigenvalue weighted by Crippen LogP contribution is 2.28. The van der Waals surface area contributed by atoms with Crippen LogP contribution in [-0.4, -0.2) is 33.2 Å². The van der Waals surface area contributed by atoms with Crippen LogP contribution in [0.4, 0.5) is 0 Å². The Labute approximate surface area is 121 Å². The summed E-state index contributed by atoms with van der Waals surface area (Å²) < 4.78 is 1.11. The van der Waals surface area contributed by atoms with E-state index in [-0.39, 0.29) is 0 Å². The fourth-order valence-electron chi connectivity index (χ4n) is 1.93. The molecule has 1 atom stereocenters. The molecule has 0 amide bonds. The SMILES string of the molecule is CSC(=CC(C)(O)Cc1nc2ccccc2[nH]1)SC. The quantitative estimate of drug-likeness (QED) is 0.887. The van der Waals surface area contributed by atoms with Crippen molar-refractivity contribution in [2.24, 2.45) is 0 Å². The summed E-state index contributed by atoms with van der Waals surface area (Å²) in [5, 5.41) is 10.5. The van der Waals surface area contributed by atoms with Crippen LogP contribution >= 0.6 is 23.5 Å². The largest absolute Gasteiger partial charge is 0.386 e. The lowest BCUT2D eigenvalue weighted by Crippen LogP contribution is -2.25. The van der Waals surface area contributed by atoms with E-state index in [1.54, 1.807) is 23.5 Å². The molecule has 1 aromatic heterocycles. The highest BCUT2D eigenvalue weighted by Gasteiger charge is 2.21. The van der Waals surface area contributed by atoms with Crippen molar-refractivity contribution in [3.8, 4) is 0 Å². The summed E-state index contributed by atoms with van der Waals surface area (Å²) in [6, 6.07) is 7.90. The van der Waals surface area contributed by atoms with Gasteiger partial charge in [0.25, 0.3) is 0 Å². The summed E-state index contributed by atoms with van der Waals surface area (Å²) in [6.07, 6.45) is 6.40.